The van der Waals surface area contributed by atoms with Crippen LogP contribution < -0.4 is 10.6 Å². The van der Waals surface area contributed by atoms with E-state index in [2.05, 4.69) is 91.0 Å². The molecule has 1 heterocycles. The predicted octanol–water partition coefficient (Wildman–Crippen LogP) is 7.66. The Morgan fingerprint density at radius 1 is 1.03 bits per heavy atom. The minimum Gasteiger partial charge on any atom is -0.358 e. The second-order valence-corrected chi connectivity index (χ2v) is 8.24. The Labute approximate surface area is 205 Å². The summed E-state index contributed by atoms with van der Waals surface area (Å²) in [6.07, 6.45) is 13.4. The van der Waals surface area contributed by atoms with E-state index in [0.717, 1.165) is 52.2 Å². The lowest BCUT2D eigenvalue weighted by Gasteiger charge is -2.14. The summed E-state index contributed by atoms with van der Waals surface area (Å²) in [6, 6.07) is 8.66. The molecule has 34 heavy (non-hydrogen) atoms. The number of benzene rings is 1. The van der Waals surface area contributed by atoms with Crippen molar-refractivity contribution in [3.05, 3.63) is 113 Å². The number of pyridine rings is 1. The number of hydrogen-bond donors (Lipinski definition) is 2. The number of anilines is 1. The largest absolute Gasteiger partial charge is 0.358 e. The molecule has 0 aliphatic heterocycles. The second kappa shape index (κ2) is 13.1. The highest BCUT2D eigenvalue weighted by atomic mass is 15.0. The van der Waals surface area contributed by atoms with Crippen molar-refractivity contribution in [3.63, 3.8) is 0 Å². The highest BCUT2D eigenvalue weighted by Crippen LogP contribution is 2.21. The minimum absolute atomic E-state index is 0.588. The van der Waals surface area contributed by atoms with Crippen molar-refractivity contribution < 1.29 is 0 Å². The first kappa shape index (κ1) is 26.6. The van der Waals surface area contributed by atoms with Crippen molar-refractivity contribution in [2.45, 2.75) is 54.4 Å². The van der Waals surface area contributed by atoms with Gasteiger partial charge in [0.25, 0.3) is 0 Å². The highest BCUT2D eigenvalue weighted by molar-refractivity contribution is 6.10. The molecule has 0 unspecified atom stereocenters. The fraction of sp³-hybridized carbons (Fsp3) is 0.267. The van der Waals surface area contributed by atoms with Gasteiger partial charge in [0.05, 0.1) is 11.9 Å². The third-order valence-corrected chi connectivity index (χ3v) is 5.63. The third kappa shape index (κ3) is 7.73. The number of hydrogen-bond acceptors (Lipinski definition) is 4. The molecule has 0 radical (unpaired) electrons. The molecule has 0 aliphatic rings. The van der Waals surface area contributed by atoms with E-state index in [1.165, 1.54) is 11.1 Å². The number of allylic oxidation sites excluding steroid dienone is 6. The van der Waals surface area contributed by atoms with E-state index >= 15 is 0 Å². The van der Waals surface area contributed by atoms with Crippen molar-refractivity contribution in [2.75, 3.05) is 5.32 Å². The molecule has 0 aliphatic carbocycles. The zero-order valence-electron chi connectivity index (χ0n) is 21.5. The van der Waals surface area contributed by atoms with Gasteiger partial charge in [0, 0.05) is 30.2 Å². The van der Waals surface area contributed by atoms with Crippen LogP contribution in [-0.4, -0.2) is 11.2 Å². The first-order chi connectivity index (χ1) is 16.3. The van der Waals surface area contributed by atoms with Gasteiger partial charge in [-0.3, -0.25) is 4.98 Å². The summed E-state index contributed by atoms with van der Waals surface area (Å²) in [6.45, 7) is 20.5. The van der Waals surface area contributed by atoms with Crippen LogP contribution in [0.2, 0.25) is 0 Å². The van der Waals surface area contributed by atoms with Crippen LogP contribution in [0.25, 0.3) is 5.57 Å². The van der Waals surface area contributed by atoms with Gasteiger partial charge in [-0.15, -0.1) is 0 Å². The smallest absolute Gasteiger partial charge is 0.123 e. The number of aliphatic imine (C=N–C) groups is 1. The normalized spacial score (nSPS) is 12.7. The van der Waals surface area contributed by atoms with Crippen LogP contribution in [0.5, 0.6) is 0 Å². The average Bonchev–Trinajstić information content (AvgIpc) is 2.83. The van der Waals surface area contributed by atoms with Gasteiger partial charge in [0.15, 0.2) is 0 Å². The van der Waals surface area contributed by atoms with Crippen LogP contribution in [0.3, 0.4) is 0 Å². The van der Waals surface area contributed by atoms with Crippen LogP contribution >= 0.6 is 0 Å². The monoisotopic (exact) mass is 454 g/mol. The Kier molecular flexibility index (Phi) is 10.3. The van der Waals surface area contributed by atoms with Crippen molar-refractivity contribution >= 4 is 17.5 Å². The maximum atomic E-state index is 4.54. The van der Waals surface area contributed by atoms with E-state index in [9.17, 15) is 0 Å². The number of nitrogens with one attached hydrogen (secondary N) is 2. The van der Waals surface area contributed by atoms with Crippen molar-refractivity contribution in [3.8, 4) is 0 Å². The summed E-state index contributed by atoms with van der Waals surface area (Å²) >= 11 is 0. The Hall–Kier alpha value is -3.66. The van der Waals surface area contributed by atoms with E-state index in [0.29, 0.717) is 5.82 Å². The molecule has 0 atom stereocenters. The predicted molar refractivity (Wildman–Crippen MR) is 149 cm³/mol. The van der Waals surface area contributed by atoms with Crippen molar-refractivity contribution in [1.82, 2.24) is 10.3 Å². The fourth-order valence-electron chi connectivity index (χ4n) is 3.51. The molecule has 0 saturated carbocycles. The quantitative estimate of drug-likeness (QED) is 0.271. The van der Waals surface area contributed by atoms with Gasteiger partial charge >= 0.3 is 0 Å². The van der Waals surface area contributed by atoms with E-state index in [1.54, 1.807) is 0 Å². The number of rotatable bonds is 11. The van der Waals surface area contributed by atoms with Gasteiger partial charge in [0.1, 0.15) is 5.82 Å². The van der Waals surface area contributed by atoms with Gasteiger partial charge in [-0.05, 0) is 80.5 Å². The number of nitrogens with zero attached hydrogens (tertiary/aromatic N) is 2. The van der Waals surface area contributed by atoms with Crippen molar-refractivity contribution in [1.29, 1.82) is 0 Å². The maximum absolute atomic E-state index is 4.54. The summed E-state index contributed by atoms with van der Waals surface area (Å²) in [7, 11) is 0. The first-order valence-corrected chi connectivity index (χ1v) is 11.8. The molecule has 1 aromatic heterocycles. The lowest BCUT2D eigenvalue weighted by molar-refractivity contribution is 0.932. The SMILES string of the molecule is C=C(N=C/C(=C\C)c1ccc(C/C(=C/C)Nc2cncc(C)c2)c(C)c1)N/C(=C/C)C(=C)CC. The summed E-state index contributed by atoms with van der Waals surface area (Å²) in [5, 5.41) is 6.74. The molecular formula is C30H38N4. The second-order valence-electron chi connectivity index (χ2n) is 8.24. The molecular weight excluding hydrogens is 416 g/mol. The van der Waals surface area contributed by atoms with Gasteiger partial charge < -0.3 is 10.6 Å². The molecule has 0 amide bonds. The Balaban J connectivity index is 2.12. The van der Waals surface area contributed by atoms with E-state index < -0.39 is 0 Å². The van der Waals surface area contributed by atoms with Crippen LogP contribution in [-0.2, 0) is 6.42 Å². The molecule has 0 spiro atoms. The van der Waals surface area contributed by atoms with Gasteiger partial charge in [0.2, 0.25) is 0 Å². The van der Waals surface area contributed by atoms with Gasteiger partial charge in [-0.2, -0.15) is 0 Å². The van der Waals surface area contributed by atoms with Crippen LogP contribution in [0.1, 0.15) is 56.4 Å². The fourth-order valence-corrected chi connectivity index (χ4v) is 3.51. The van der Waals surface area contributed by atoms with Crippen LogP contribution in [0, 0.1) is 13.8 Å². The van der Waals surface area contributed by atoms with E-state index in [4.69, 9.17) is 0 Å². The topological polar surface area (TPSA) is 49.3 Å². The molecule has 2 rings (SSSR count). The Bertz CT molecular complexity index is 1150. The summed E-state index contributed by atoms with van der Waals surface area (Å²) in [5.74, 6) is 0.588. The lowest BCUT2D eigenvalue weighted by atomic mass is 9.97. The molecule has 2 N–H and O–H groups in total. The molecule has 4 nitrogen and oxygen atoms in total. The maximum Gasteiger partial charge on any atom is 0.123 e. The van der Waals surface area contributed by atoms with E-state index in [1.807, 2.05) is 45.5 Å². The van der Waals surface area contributed by atoms with Gasteiger partial charge in [-0.1, -0.05) is 56.5 Å². The Morgan fingerprint density at radius 2 is 1.79 bits per heavy atom. The summed E-state index contributed by atoms with van der Waals surface area (Å²) < 4.78 is 0. The van der Waals surface area contributed by atoms with E-state index in [-0.39, 0.29) is 0 Å². The minimum atomic E-state index is 0.588. The molecule has 4 heteroatoms. The zero-order chi connectivity index (χ0) is 25.1. The molecule has 0 fully saturated rings. The van der Waals surface area contributed by atoms with Crippen molar-refractivity contribution in [2.24, 2.45) is 4.99 Å². The standard InChI is InChI=1S/C30H38N4/c1-9-22(6)30(12-4)33-24(8)32-19-25(10-2)27-14-13-26(23(7)16-27)17-28(11-3)34-29-15-21(5)18-31-20-29/h10-16,18-20,33-34H,6,8-9,17H2,1-5,7H3/b25-10+,28-11-,30-12+,32-19?. The number of aromatic nitrogens is 1. The number of aryl methyl sites for hydroxylation is 2. The molecule has 2 aromatic rings. The molecule has 0 bridgehead atoms. The summed E-state index contributed by atoms with van der Waals surface area (Å²) in [5.41, 5.74) is 9.97. The Morgan fingerprint density at radius 3 is 2.38 bits per heavy atom. The zero-order valence-corrected chi connectivity index (χ0v) is 21.5. The lowest BCUT2D eigenvalue weighted by Crippen LogP contribution is -2.12. The molecule has 178 valence electrons. The first-order valence-electron chi connectivity index (χ1n) is 11.8. The van der Waals surface area contributed by atoms with Gasteiger partial charge in [-0.25, -0.2) is 4.99 Å². The van der Waals surface area contributed by atoms with Crippen LogP contribution in [0.15, 0.2) is 95.8 Å². The molecule has 1 aromatic carbocycles. The third-order valence-electron chi connectivity index (χ3n) is 5.63. The molecule has 0 saturated heterocycles. The van der Waals surface area contributed by atoms with Crippen LogP contribution in [0.4, 0.5) is 5.69 Å². The highest BCUT2D eigenvalue weighted by Gasteiger charge is 2.07. The summed E-state index contributed by atoms with van der Waals surface area (Å²) in [4.78, 5) is 8.81. The average molecular weight is 455 g/mol.